The van der Waals surface area contributed by atoms with Crippen molar-refractivity contribution in [1.29, 1.82) is 0 Å². The van der Waals surface area contributed by atoms with Crippen LogP contribution in [0, 0.1) is 0 Å². The van der Waals surface area contributed by atoms with Crippen LogP contribution in [0.25, 0.3) is 0 Å². The zero-order valence-electron chi connectivity index (χ0n) is 14.1. The number of nitrogens with zero attached hydrogens (tertiary/aromatic N) is 3. The lowest BCUT2D eigenvalue weighted by Crippen LogP contribution is -2.44. The Balaban J connectivity index is 1.70. The molecule has 0 aliphatic carbocycles. The molecule has 7 heteroatoms. The van der Waals surface area contributed by atoms with Crippen molar-refractivity contribution in [1.82, 2.24) is 9.80 Å². The predicted octanol–water partition coefficient (Wildman–Crippen LogP) is 3.54. The monoisotopic (exact) mass is 388 g/mol. The van der Waals surface area contributed by atoms with E-state index in [9.17, 15) is 4.79 Å². The van der Waals surface area contributed by atoms with Crippen LogP contribution < -0.4 is 10.6 Å². The number of carbonyl (C=O) groups is 1. The molecule has 2 aliphatic heterocycles. The summed E-state index contributed by atoms with van der Waals surface area (Å²) in [7, 11) is 1.94. The lowest BCUT2D eigenvalue weighted by molar-refractivity contribution is -0.119. The van der Waals surface area contributed by atoms with Gasteiger partial charge in [0.25, 0.3) is 5.91 Å². The molecule has 1 fully saturated rings. The lowest BCUT2D eigenvalue weighted by atomic mass is 10.0. The molecule has 4 rings (SSSR count). The number of hydrogen-bond donors (Lipinski definition) is 1. The summed E-state index contributed by atoms with van der Waals surface area (Å²) >= 11 is 12.3. The summed E-state index contributed by atoms with van der Waals surface area (Å²) in [5.74, 6) is 0.0151. The maximum atomic E-state index is 13.3. The highest BCUT2D eigenvalue weighted by Crippen LogP contribution is 2.37. The Morgan fingerprint density at radius 2 is 1.69 bits per heavy atom. The number of nitrogen functional groups attached to an aromatic ring is 1. The van der Waals surface area contributed by atoms with Crippen molar-refractivity contribution >= 4 is 40.5 Å². The molecule has 0 saturated carbocycles. The van der Waals surface area contributed by atoms with Crippen molar-refractivity contribution in [2.45, 2.75) is 18.8 Å². The SMILES string of the molecule is CN1C=CN2C1N(c1cc(Cl)cc(Cl)c1)C(=O)[C@H]2Cc1ccc(N)cc1. The Bertz CT molecular complexity index is 863. The first-order valence-electron chi connectivity index (χ1n) is 8.25. The zero-order chi connectivity index (χ0) is 18.4. The number of benzene rings is 2. The first-order valence-corrected chi connectivity index (χ1v) is 9.01. The fourth-order valence-corrected chi connectivity index (χ4v) is 4.05. The van der Waals surface area contributed by atoms with Gasteiger partial charge in [0.15, 0.2) is 6.29 Å². The van der Waals surface area contributed by atoms with Gasteiger partial charge in [-0.1, -0.05) is 35.3 Å². The molecular formula is C19H18Cl2N4O. The van der Waals surface area contributed by atoms with Gasteiger partial charge in [-0.2, -0.15) is 0 Å². The number of halogens is 2. The summed E-state index contributed by atoms with van der Waals surface area (Å²) < 4.78 is 0. The number of nitrogens with two attached hydrogens (primary N) is 1. The molecule has 134 valence electrons. The molecule has 2 heterocycles. The predicted molar refractivity (Wildman–Crippen MR) is 105 cm³/mol. The van der Waals surface area contributed by atoms with Gasteiger partial charge in [-0.25, -0.2) is 0 Å². The Hall–Kier alpha value is -2.37. The number of amides is 1. The largest absolute Gasteiger partial charge is 0.399 e. The van der Waals surface area contributed by atoms with Crippen LogP contribution >= 0.6 is 23.2 Å². The summed E-state index contributed by atoms with van der Waals surface area (Å²) in [5.41, 5.74) is 8.23. The summed E-state index contributed by atoms with van der Waals surface area (Å²) in [6.07, 6.45) is 4.29. The van der Waals surface area contributed by atoms with E-state index in [0.717, 1.165) is 5.56 Å². The van der Waals surface area contributed by atoms with Crippen LogP contribution in [0.4, 0.5) is 11.4 Å². The highest BCUT2D eigenvalue weighted by molar-refractivity contribution is 6.35. The second-order valence-electron chi connectivity index (χ2n) is 6.55. The summed E-state index contributed by atoms with van der Waals surface area (Å²) in [6, 6.07) is 12.5. The summed E-state index contributed by atoms with van der Waals surface area (Å²) in [4.78, 5) is 19.1. The zero-order valence-corrected chi connectivity index (χ0v) is 15.7. The van der Waals surface area contributed by atoms with Crippen molar-refractivity contribution < 1.29 is 4.79 Å². The van der Waals surface area contributed by atoms with Crippen molar-refractivity contribution in [3.05, 3.63) is 70.5 Å². The minimum Gasteiger partial charge on any atom is -0.399 e. The maximum Gasteiger partial charge on any atom is 0.253 e. The fraction of sp³-hybridized carbons (Fsp3) is 0.211. The Kier molecular flexibility index (Phi) is 4.21. The highest BCUT2D eigenvalue weighted by Gasteiger charge is 2.48. The normalized spacial score (nSPS) is 21.7. The molecular weight excluding hydrogens is 371 g/mol. The molecule has 0 spiro atoms. The second kappa shape index (κ2) is 6.41. The van der Waals surface area contributed by atoms with Crippen LogP contribution in [0.1, 0.15) is 5.56 Å². The molecule has 1 amide bonds. The molecule has 2 atom stereocenters. The van der Waals surface area contributed by atoms with Crippen LogP contribution in [-0.4, -0.2) is 35.1 Å². The van der Waals surface area contributed by atoms with Gasteiger partial charge in [-0.05, 0) is 35.9 Å². The smallest absolute Gasteiger partial charge is 0.253 e. The van der Waals surface area contributed by atoms with E-state index < -0.39 is 0 Å². The van der Waals surface area contributed by atoms with E-state index in [-0.39, 0.29) is 18.2 Å². The van der Waals surface area contributed by atoms with Crippen LogP contribution in [0.3, 0.4) is 0 Å². The molecule has 0 radical (unpaired) electrons. The molecule has 0 bridgehead atoms. The summed E-state index contributed by atoms with van der Waals surface area (Å²) in [6.45, 7) is 0. The molecule has 0 aromatic heterocycles. The van der Waals surface area contributed by atoms with Crippen molar-refractivity contribution in [3.63, 3.8) is 0 Å². The number of anilines is 2. The van der Waals surface area contributed by atoms with Crippen LogP contribution in [0.2, 0.25) is 10.0 Å². The fourth-order valence-electron chi connectivity index (χ4n) is 3.54. The molecule has 5 nitrogen and oxygen atoms in total. The summed E-state index contributed by atoms with van der Waals surface area (Å²) in [5, 5.41) is 1.00. The molecule has 2 aromatic carbocycles. The van der Waals surface area contributed by atoms with Gasteiger partial charge in [0, 0.05) is 41.6 Å². The van der Waals surface area contributed by atoms with E-state index in [4.69, 9.17) is 28.9 Å². The van der Waals surface area contributed by atoms with Crippen LogP contribution in [-0.2, 0) is 11.2 Å². The van der Waals surface area contributed by atoms with Gasteiger partial charge in [0.2, 0.25) is 0 Å². The van der Waals surface area contributed by atoms with Gasteiger partial charge >= 0.3 is 0 Å². The average molecular weight is 389 g/mol. The van der Waals surface area contributed by atoms with E-state index in [2.05, 4.69) is 4.90 Å². The van der Waals surface area contributed by atoms with Crippen molar-refractivity contribution in [3.8, 4) is 0 Å². The topological polar surface area (TPSA) is 52.8 Å². The first kappa shape index (κ1) is 17.1. The van der Waals surface area contributed by atoms with E-state index >= 15 is 0 Å². The Labute approximate surface area is 162 Å². The van der Waals surface area contributed by atoms with E-state index in [0.29, 0.717) is 27.8 Å². The van der Waals surface area contributed by atoms with Gasteiger partial charge in [0.05, 0.1) is 5.69 Å². The minimum atomic E-state index is -0.303. The molecule has 2 aliphatic rings. The average Bonchev–Trinajstić information content (AvgIpc) is 3.07. The third kappa shape index (κ3) is 2.87. The molecule has 26 heavy (non-hydrogen) atoms. The maximum absolute atomic E-state index is 13.3. The molecule has 2 N–H and O–H groups in total. The third-order valence-electron chi connectivity index (χ3n) is 4.75. The second-order valence-corrected chi connectivity index (χ2v) is 7.43. The van der Waals surface area contributed by atoms with E-state index in [1.165, 1.54) is 0 Å². The lowest BCUT2D eigenvalue weighted by Gasteiger charge is -2.31. The van der Waals surface area contributed by atoms with Crippen LogP contribution in [0.5, 0.6) is 0 Å². The molecule has 2 aromatic rings. The quantitative estimate of drug-likeness (QED) is 0.816. The number of fused-ring (bicyclic) bond motifs is 1. The molecule has 1 saturated heterocycles. The van der Waals surface area contributed by atoms with Crippen molar-refractivity contribution in [2.24, 2.45) is 0 Å². The van der Waals surface area contributed by atoms with Gasteiger partial charge in [0.1, 0.15) is 6.04 Å². The van der Waals surface area contributed by atoms with Crippen molar-refractivity contribution in [2.75, 3.05) is 17.7 Å². The van der Waals surface area contributed by atoms with E-state index in [1.807, 2.05) is 48.6 Å². The van der Waals surface area contributed by atoms with Gasteiger partial charge in [-0.15, -0.1) is 0 Å². The van der Waals surface area contributed by atoms with E-state index in [1.54, 1.807) is 23.1 Å². The minimum absolute atomic E-state index is 0.0151. The Morgan fingerprint density at radius 3 is 2.35 bits per heavy atom. The number of carbonyl (C=O) groups excluding carboxylic acids is 1. The standard InChI is InChI=1S/C19H18Cl2N4O/c1-23-6-7-24-17(8-12-2-4-15(22)5-3-12)18(26)25(19(23)24)16-10-13(20)9-14(21)11-16/h2-7,9-11,17,19H,8,22H2,1H3/t17-,19?/m1/s1. The van der Waals surface area contributed by atoms with Gasteiger partial charge in [-0.3, -0.25) is 9.69 Å². The third-order valence-corrected chi connectivity index (χ3v) is 5.19. The molecule has 1 unspecified atom stereocenters. The van der Waals surface area contributed by atoms with Crippen LogP contribution in [0.15, 0.2) is 54.9 Å². The number of hydrogen-bond acceptors (Lipinski definition) is 4. The first-order chi connectivity index (χ1) is 12.4. The van der Waals surface area contributed by atoms with Gasteiger partial charge < -0.3 is 15.5 Å². The Morgan fingerprint density at radius 1 is 1.04 bits per heavy atom. The highest BCUT2D eigenvalue weighted by atomic mass is 35.5. The number of rotatable bonds is 3.